The molecule has 2 rings (SSSR count). The van der Waals surface area contributed by atoms with E-state index in [9.17, 15) is 4.79 Å². The minimum Gasteiger partial charge on any atom is -0.497 e. The number of nitrogens with zero attached hydrogens (tertiary/aromatic N) is 1. The molecule has 0 spiro atoms. The summed E-state index contributed by atoms with van der Waals surface area (Å²) in [6.45, 7) is 6.00. The molecule has 1 aromatic rings. The van der Waals surface area contributed by atoms with Gasteiger partial charge in [0.15, 0.2) is 0 Å². The number of methoxy groups -OCH3 is 1. The first-order valence-electron chi connectivity index (χ1n) is 7.57. The third-order valence-electron chi connectivity index (χ3n) is 4.22. The Balaban J connectivity index is 2.07. The summed E-state index contributed by atoms with van der Waals surface area (Å²) in [5.74, 6) is 1.05. The number of benzene rings is 1. The van der Waals surface area contributed by atoms with Gasteiger partial charge in [0.25, 0.3) is 0 Å². The first-order chi connectivity index (χ1) is 9.92. The zero-order chi connectivity index (χ0) is 15.5. The van der Waals surface area contributed by atoms with Gasteiger partial charge in [-0.05, 0) is 58.0 Å². The molecule has 4 heteroatoms. The van der Waals surface area contributed by atoms with Crippen molar-refractivity contribution < 1.29 is 9.53 Å². The second-order valence-corrected chi connectivity index (χ2v) is 6.45. The number of hydrogen-bond acceptors (Lipinski definition) is 3. The van der Waals surface area contributed by atoms with Crippen LogP contribution in [-0.2, 0) is 10.3 Å². The molecule has 21 heavy (non-hydrogen) atoms. The Hall–Kier alpha value is -1.55. The van der Waals surface area contributed by atoms with E-state index >= 15 is 0 Å². The van der Waals surface area contributed by atoms with Gasteiger partial charge in [-0.15, -0.1) is 0 Å². The highest BCUT2D eigenvalue weighted by atomic mass is 16.5. The van der Waals surface area contributed by atoms with Crippen molar-refractivity contribution in [2.45, 2.75) is 32.2 Å². The maximum Gasteiger partial charge on any atom is 0.225 e. The molecule has 0 saturated carbocycles. The summed E-state index contributed by atoms with van der Waals surface area (Å²) in [5.41, 5.74) is 0.654. The Morgan fingerprint density at radius 2 is 2.19 bits per heavy atom. The Bertz CT molecular complexity index is 499. The summed E-state index contributed by atoms with van der Waals surface area (Å²) >= 11 is 0. The molecular formula is C17H26N2O2. The molecule has 1 atom stereocenters. The number of piperidine rings is 1. The third-order valence-corrected chi connectivity index (χ3v) is 4.22. The molecular weight excluding hydrogens is 264 g/mol. The lowest BCUT2D eigenvalue weighted by Gasteiger charge is -2.33. The van der Waals surface area contributed by atoms with Crippen LogP contribution in [0.15, 0.2) is 24.3 Å². The van der Waals surface area contributed by atoms with Crippen molar-refractivity contribution >= 4 is 5.91 Å². The van der Waals surface area contributed by atoms with Crippen molar-refractivity contribution in [3.8, 4) is 5.75 Å². The largest absolute Gasteiger partial charge is 0.497 e. The summed E-state index contributed by atoms with van der Waals surface area (Å²) in [6.07, 6.45) is 2.07. The van der Waals surface area contributed by atoms with Crippen LogP contribution in [0.3, 0.4) is 0 Å². The van der Waals surface area contributed by atoms with Gasteiger partial charge in [0.1, 0.15) is 5.75 Å². The van der Waals surface area contributed by atoms with Crippen LogP contribution < -0.4 is 10.1 Å². The first-order valence-corrected chi connectivity index (χ1v) is 7.57. The third kappa shape index (κ3) is 3.97. The van der Waals surface area contributed by atoms with E-state index in [0.717, 1.165) is 37.2 Å². The van der Waals surface area contributed by atoms with Crippen molar-refractivity contribution in [1.29, 1.82) is 0 Å². The van der Waals surface area contributed by atoms with Gasteiger partial charge >= 0.3 is 0 Å². The van der Waals surface area contributed by atoms with Gasteiger partial charge in [-0.25, -0.2) is 0 Å². The van der Waals surface area contributed by atoms with Crippen LogP contribution in [0.2, 0.25) is 0 Å². The zero-order valence-electron chi connectivity index (χ0n) is 13.5. The minimum absolute atomic E-state index is 0.0913. The highest BCUT2D eigenvalue weighted by Crippen LogP contribution is 2.25. The lowest BCUT2D eigenvalue weighted by Crippen LogP contribution is -2.48. The maximum absolute atomic E-state index is 12.5. The van der Waals surface area contributed by atoms with Crippen molar-refractivity contribution in [1.82, 2.24) is 10.2 Å². The van der Waals surface area contributed by atoms with Crippen molar-refractivity contribution in [3.63, 3.8) is 0 Å². The number of carbonyl (C=O) groups is 1. The second-order valence-electron chi connectivity index (χ2n) is 6.45. The van der Waals surface area contributed by atoms with Gasteiger partial charge in [-0.2, -0.15) is 0 Å². The molecule has 0 unspecified atom stereocenters. The number of ether oxygens (including phenoxy) is 1. The van der Waals surface area contributed by atoms with E-state index < -0.39 is 5.54 Å². The highest BCUT2D eigenvalue weighted by molar-refractivity contribution is 5.80. The van der Waals surface area contributed by atoms with Crippen molar-refractivity contribution in [3.05, 3.63) is 29.8 Å². The molecule has 1 aromatic carbocycles. The zero-order valence-corrected chi connectivity index (χ0v) is 13.5. The van der Waals surface area contributed by atoms with E-state index in [1.54, 1.807) is 7.11 Å². The van der Waals surface area contributed by atoms with Gasteiger partial charge < -0.3 is 15.0 Å². The average molecular weight is 290 g/mol. The van der Waals surface area contributed by atoms with Crippen LogP contribution in [0.5, 0.6) is 5.75 Å². The van der Waals surface area contributed by atoms with E-state index in [1.807, 2.05) is 38.1 Å². The standard InChI is InChI=1S/C17H26N2O2/c1-17(2,14-8-5-9-15(11-14)21-4)18-16(20)13-7-6-10-19(3)12-13/h5,8-9,11,13H,6-7,10,12H2,1-4H3,(H,18,20)/t13-/m0/s1. The molecule has 1 heterocycles. The van der Waals surface area contributed by atoms with E-state index in [1.165, 1.54) is 0 Å². The molecule has 1 saturated heterocycles. The molecule has 116 valence electrons. The SMILES string of the molecule is COc1cccc(C(C)(C)NC(=O)[C@H]2CCCN(C)C2)c1. The maximum atomic E-state index is 12.5. The number of nitrogens with one attached hydrogen (secondary N) is 1. The molecule has 0 radical (unpaired) electrons. The molecule has 0 bridgehead atoms. The van der Waals surface area contributed by atoms with E-state index in [2.05, 4.69) is 17.3 Å². The Morgan fingerprint density at radius 3 is 2.86 bits per heavy atom. The van der Waals surface area contributed by atoms with E-state index in [0.29, 0.717) is 0 Å². The predicted molar refractivity (Wildman–Crippen MR) is 84.4 cm³/mol. The van der Waals surface area contributed by atoms with Crippen molar-refractivity contribution in [2.75, 3.05) is 27.2 Å². The molecule has 4 nitrogen and oxygen atoms in total. The monoisotopic (exact) mass is 290 g/mol. The molecule has 1 N–H and O–H groups in total. The molecule has 1 amide bonds. The smallest absolute Gasteiger partial charge is 0.225 e. The van der Waals surface area contributed by atoms with Crippen LogP contribution >= 0.6 is 0 Å². The Labute approximate surface area is 127 Å². The fourth-order valence-corrected chi connectivity index (χ4v) is 2.87. The van der Waals surface area contributed by atoms with Gasteiger partial charge in [0.05, 0.1) is 18.6 Å². The van der Waals surface area contributed by atoms with Crippen LogP contribution in [0, 0.1) is 5.92 Å². The van der Waals surface area contributed by atoms with Crippen LogP contribution in [0.25, 0.3) is 0 Å². The number of rotatable bonds is 4. The molecule has 1 aliphatic heterocycles. The van der Waals surface area contributed by atoms with E-state index in [4.69, 9.17) is 4.74 Å². The molecule has 0 aliphatic carbocycles. The molecule has 1 aliphatic rings. The number of likely N-dealkylation sites (tertiary alicyclic amines) is 1. The first kappa shape index (κ1) is 15.8. The predicted octanol–water partition coefficient (Wildman–Crippen LogP) is 2.39. The summed E-state index contributed by atoms with van der Waals surface area (Å²) in [7, 11) is 3.73. The summed E-state index contributed by atoms with van der Waals surface area (Å²) in [6, 6.07) is 7.87. The topological polar surface area (TPSA) is 41.6 Å². The van der Waals surface area contributed by atoms with Gasteiger partial charge in [-0.3, -0.25) is 4.79 Å². The fourth-order valence-electron chi connectivity index (χ4n) is 2.87. The minimum atomic E-state index is -0.401. The summed E-state index contributed by atoms with van der Waals surface area (Å²) < 4.78 is 5.27. The number of hydrogen-bond donors (Lipinski definition) is 1. The molecule has 0 aromatic heterocycles. The van der Waals surface area contributed by atoms with E-state index in [-0.39, 0.29) is 11.8 Å². The number of carbonyl (C=O) groups excluding carboxylic acids is 1. The fraction of sp³-hybridized carbons (Fsp3) is 0.588. The van der Waals surface area contributed by atoms with Crippen LogP contribution in [0.4, 0.5) is 0 Å². The quantitative estimate of drug-likeness (QED) is 0.926. The average Bonchev–Trinajstić information content (AvgIpc) is 2.47. The van der Waals surface area contributed by atoms with Crippen LogP contribution in [0.1, 0.15) is 32.3 Å². The Morgan fingerprint density at radius 1 is 1.43 bits per heavy atom. The molecule has 1 fully saturated rings. The highest BCUT2D eigenvalue weighted by Gasteiger charge is 2.29. The van der Waals surface area contributed by atoms with Gasteiger partial charge in [0.2, 0.25) is 5.91 Å². The lowest BCUT2D eigenvalue weighted by molar-refractivity contribution is -0.128. The van der Waals surface area contributed by atoms with Crippen molar-refractivity contribution in [2.24, 2.45) is 5.92 Å². The summed E-state index contributed by atoms with van der Waals surface area (Å²) in [5, 5.41) is 3.19. The van der Waals surface area contributed by atoms with Gasteiger partial charge in [0, 0.05) is 6.54 Å². The van der Waals surface area contributed by atoms with Gasteiger partial charge in [-0.1, -0.05) is 12.1 Å². The number of amides is 1. The second kappa shape index (κ2) is 6.48. The normalized spacial score (nSPS) is 20.1. The Kier molecular flexibility index (Phi) is 4.88. The van der Waals surface area contributed by atoms with Crippen LogP contribution in [-0.4, -0.2) is 38.1 Å². The summed E-state index contributed by atoms with van der Waals surface area (Å²) in [4.78, 5) is 14.7. The lowest BCUT2D eigenvalue weighted by atomic mass is 9.91.